The van der Waals surface area contributed by atoms with E-state index in [-0.39, 0.29) is 0 Å². The molecule has 0 fully saturated rings. The fourth-order valence-corrected chi connectivity index (χ4v) is 0.913. The molecular weight excluding hydrogens is 176 g/mol. The average Bonchev–Trinajstić information content (AvgIpc) is 2.19. The van der Waals surface area contributed by atoms with Crippen LogP contribution in [0.25, 0.3) is 0 Å². The number of hydrogen-bond acceptors (Lipinski definition) is 3. The normalized spacial score (nSPS) is 9.86. The minimum atomic E-state index is 0.391. The van der Waals surface area contributed by atoms with Crippen molar-refractivity contribution in [1.82, 2.24) is 9.97 Å². The van der Waals surface area contributed by atoms with Crippen molar-refractivity contribution in [2.24, 2.45) is 0 Å². The molecule has 0 aliphatic carbocycles. The summed E-state index contributed by atoms with van der Waals surface area (Å²) in [6, 6.07) is 0. The smallest absolute Gasteiger partial charge is 0.232 e. The Morgan fingerprint density at radius 1 is 1.43 bits per heavy atom. The lowest BCUT2D eigenvalue weighted by Gasteiger charge is -2.05. The Kier molecular flexibility index (Phi) is 3.93. The topological polar surface area (TPSA) is 35.0 Å². The fraction of sp³-hybridized carbons (Fsp3) is 0.455. The predicted molar refractivity (Wildman–Crippen MR) is 55.1 cm³/mol. The van der Waals surface area contributed by atoms with E-state index < -0.39 is 0 Å². The highest BCUT2D eigenvalue weighted by atomic mass is 16.5. The van der Waals surface area contributed by atoms with Gasteiger partial charge in [0.15, 0.2) is 0 Å². The van der Waals surface area contributed by atoms with E-state index in [0.717, 1.165) is 5.69 Å². The third-order valence-electron chi connectivity index (χ3n) is 1.74. The van der Waals surface area contributed by atoms with E-state index in [1.165, 1.54) is 0 Å². The Morgan fingerprint density at radius 2 is 2.21 bits per heavy atom. The van der Waals surface area contributed by atoms with Crippen molar-refractivity contribution >= 4 is 0 Å². The molecule has 0 saturated heterocycles. The summed E-state index contributed by atoms with van der Waals surface area (Å²) in [6.07, 6.45) is 9.04. The molecule has 1 rings (SSSR count). The minimum absolute atomic E-state index is 0.391. The first kappa shape index (κ1) is 10.5. The van der Waals surface area contributed by atoms with Gasteiger partial charge < -0.3 is 4.74 Å². The number of aromatic nitrogens is 2. The van der Waals surface area contributed by atoms with Gasteiger partial charge in [0.2, 0.25) is 5.88 Å². The molecule has 0 spiro atoms. The van der Waals surface area contributed by atoms with Gasteiger partial charge in [0.1, 0.15) is 6.61 Å². The fourth-order valence-electron chi connectivity index (χ4n) is 0.913. The van der Waals surface area contributed by atoms with Gasteiger partial charge >= 0.3 is 0 Å². The van der Waals surface area contributed by atoms with Gasteiger partial charge in [-0.3, -0.25) is 4.98 Å². The van der Waals surface area contributed by atoms with Gasteiger partial charge in [-0.2, -0.15) is 0 Å². The molecule has 3 heteroatoms. The summed E-state index contributed by atoms with van der Waals surface area (Å²) in [6.45, 7) is 4.64. The Hall–Kier alpha value is -1.56. The lowest BCUT2D eigenvalue weighted by Crippen LogP contribution is -2.00. The van der Waals surface area contributed by atoms with Crippen LogP contribution >= 0.6 is 0 Å². The molecule has 14 heavy (non-hydrogen) atoms. The molecule has 0 atom stereocenters. The molecule has 0 aliphatic rings. The maximum atomic E-state index is 5.27. The molecule has 0 aromatic carbocycles. The third kappa shape index (κ3) is 3.06. The molecule has 3 nitrogen and oxygen atoms in total. The molecular formula is C11H14N2O. The predicted octanol–water partition coefficient (Wildman–Crippen LogP) is 2.00. The van der Waals surface area contributed by atoms with Gasteiger partial charge in [-0.1, -0.05) is 13.8 Å². The molecule has 74 valence electrons. The van der Waals surface area contributed by atoms with E-state index in [0.29, 0.717) is 24.8 Å². The van der Waals surface area contributed by atoms with E-state index in [2.05, 4.69) is 29.7 Å². The summed E-state index contributed by atoms with van der Waals surface area (Å²) in [5, 5.41) is 0. The monoisotopic (exact) mass is 190 g/mol. The van der Waals surface area contributed by atoms with Crippen LogP contribution in [-0.2, 0) is 0 Å². The molecule has 0 aliphatic heterocycles. The van der Waals surface area contributed by atoms with E-state index in [1.807, 2.05) is 0 Å². The van der Waals surface area contributed by atoms with Gasteiger partial charge in [-0.05, 0) is 5.92 Å². The standard InChI is InChI=1S/C11H14N2O/c1-4-5-6-14-11-8-12-10(7-13-11)9(2)3/h1,7-9H,5-6H2,2-3H3. The second-order valence-electron chi connectivity index (χ2n) is 3.24. The van der Waals surface area contributed by atoms with Crippen molar-refractivity contribution in [2.75, 3.05) is 6.61 Å². The molecule has 1 aromatic rings. The second-order valence-corrected chi connectivity index (χ2v) is 3.24. The number of hydrogen-bond donors (Lipinski definition) is 0. The molecule has 1 aromatic heterocycles. The third-order valence-corrected chi connectivity index (χ3v) is 1.74. The zero-order valence-electron chi connectivity index (χ0n) is 8.53. The van der Waals surface area contributed by atoms with Crippen LogP contribution < -0.4 is 4.74 Å². The highest BCUT2D eigenvalue weighted by Gasteiger charge is 2.01. The first-order chi connectivity index (χ1) is 6.74. The maximum absolute atomic E-state index is 5.27. The maximum Gasteiger partial charge on any atom is 0.232 e. The van der Waals surface area contributed by atoms with Gasteiger partial charge in [0.25, 0.3) is 0 Å². The highest BCUT2D eigenvalue weighted by Crippen LogP contribution is 2.11. The van der Waals surface area contributed by atoms with Crippen LogP contribution in [0.1, 0.15) is 31.9 Å². The first-order valence-electron chi connectivity index (χ1n) is 4.62. The summed E-state index contributed by atoms with van der Waals surface area (Å²) < 4.78 is 5.27. The van der Waals surface area contributed by atoms with Crippen LogP contribution in [0.4, 0.5) is 0 Å². The molecule has 0 bridgehead atoms. The van der Waals surface area contributed by atoms with Crippen LogP contribution in [0.15, 0.2) is 12.4 Å². The van der Waals surface area contributed by atoms with Gasteiger partial charge in [0, 0.05) is 6.42 Å². The Balaban J connectivity index is 2.52. The second kappa shape index (κ2) is 5.23. The average molecular weight is 190 g/mol. The summed E-state index contributed by atoms with van der Waals surface area (Å²) in [5.74, 6) is 3.42. The molecule has 0 radical (unpaired) electrons. The molecule has 0 saturated carbocycles. The van der Waals surface area contributed by atoms with E-state index in [9.17, 15) is 0 Å². The molecule has 1 heterocycles. The lowest BCUT2D eigenvalue weighted by molar-refractivity contribution is 0.312. The quantitative estimate of drug-likeness (QED) is 0.538. The number of terminal acetylenes is 1. The van der Waals surface area contributed by atoms with Crippen LogP contribution in [0.3, 0.4) is 0 Å². The zero-order chi connectivity index (χ0) is 10.4. The van der Waals surface area contributed by atoms with E-state index in [4.69, 9.17) is 11.2 Å². The van der Waals surface area contributed by atoms with Gasteiger partial charge in [-0.25, -0.2) is 4.98 Å². The molecule has 0 amide bonds. The highest BCUT2D eigenvalue weighted by molar-refractivity contribution is 5.09. The van der Waals surface area contributed by atoms with Gasteiger partial charge in [0.05, 0.1) is 18.1 Å². The van der Waals surface area contributed by atoms with E-state index >= 15 is 0 Å². The van der Waals surface area contributed by atoms with Crippen LogP contribution in [0, 0.1) is 12.3 Å². The number of nitrogens with zero attached hydrogens (tertiary/aromatic N) is 2. The Labute approximate surface area is 84.5 Å². The van der Waals surface area contributed by atoms with Crippen molar-refractivity contribution in [3.8, 4) is 18.2 Å². The number of rotatable bonds is 4. The van der Waals surface area contributed by atoms with Gasteiger partial charge in [-0.15, -0.1) is 12.3 Å². The Bertz CT molecular complexity index is 311. The van der Waals surface area contributed by atoms with E-state index in [1.54, 1.807) is 12.4 Å². The van der Waals surface area contributed by atoms with Crippen LogP contribution in [0.5, 0.6) is 5.88 Å². The van der Waals surface area contributed by atoms with Crippen LogP contribution in [-0.4, -0.2) is 16.6 Å². The largest absolute Gasteiger partial charge is 0.476 e. The van der Waals surface area contributed by atoms with Crippen molar-refractivity contribution in [1.29, 1.82) is 0 Å². The van der Waals surface area contributed by atoms with Crippen LogP contribution in [0.2, 0.25) is 0 Å². The summed E-state index contributed by atoms with van der Waals surface area (Å²) >= 11 is 0. The summed E-state index contributed by atoms with van der Waals surface area (Å²) in [7, 11) is 0. The zero-order valence-corrected chi connectivity index (χ0v) is 8.53. The van der Waals surface area contributed by atoms with Crippen molar-refractivity contribution in [2.45, 2.75) is 26.2 Å². The summed E-state index contributed by atoms with van der Waals surface area (Å²) in [5.41, 5.74) is 0.967. The molecule has 0 N–H and O–H groups in total. The Morgan fingerprint density at radius 3 is 2.71 bits per heavy atom. The lowest BCUT2D eigenvalue weighted by atomic mass is 10.1. The minimum Gasteiger partial charge on any atom is -0.476 e. The van der Waals surface area contributed by atoms with Crippen molar-refractivity contribution in [3.05, 3.63) is 18.1 Å². The molecule has 0 unspecified atom stereocenters. The van der Waals surface area contributed by atoms with Crippen molar-refractivity contribution in [3.63, 3.8) is 0 Å². The van der Waals surface area contributed by atoms with Crippen molar-refractivity contribution < 1.29 is 4.74 Å². The summed E-state index contributed by atoms with van der Waals surface area (Å²) in [4.78, 5) is 8.34. The SMILES string of the molecule is C#CCCOc1cnc(C(C)C)cn1. The number of ether oxygens (including phenoxy) is 1. The first-order valence-corrected chi connectivity index (χ1v) is 4.62.